The molecule has 0 unspecified atom stereocenters. The Bertz CT molecular complexity index is 685. The second-order valence-electron chi connectivity index (χ2n) is 6.81. The summed E-state index contributed by atoms with van der Waals surface area (Å²) in [6, 6.07) is 7.90. The van der Waals surface area contributed by atoms with Gasteiger partial charge in [-0.2, -0.15) is 0 Å². The van der Waals surface area contributed by atoms with Gasteiger partial charge in [-0.3, -0.25) is 4.99 Å². The summed E-state index contributed by atoms with van der Waals surface area (Å²) in [5, 5.41) is 6.27. The van der Waals surface area contributed by atoms with Crippen LogP contribution in [0.4, 0.5) is 0 Å². The van der Waals surface area contributed by atoms with Gasteiger partial charge in [-0.05, 0) is 44.7 Å². The van der Waals surface area contributed by atoms with Crippen LogP contribution in [-0.4, -0.2) is 52.9 Å². The van der Waals surface area contributed by atoms with Gasteiger partial charge in [0.2, 0.25) is 10.0 Å². The second-order valence-corrected chi connectivity index (χ2v) is 8.74. The number of nitrogens with one attached hydrogen (secondary N) is 3. The molecule has 1 aromatic carbocycles. The molecular formula is C19H32N4O3S. The summed E-state index contributed by atoms with van der Waals surface area (Å²) in [5.41, 5.74) is 1.19. The average Bonchev–Trinajstić information content (AvgIpc) is 2.58. The Morgan fingerprint density at radius 3 is 2.59 bits per heavy atom. The summed E-state index contributed by atoms with van der Waals surface area (Å²) in [6.45, 7) is 6.55. The molecule has 0 heterocycles. The Morgan fingerprint density at radius 1 is 1.22 bits per heavy atom. The summed E-state index contributed by atoms with van der Waals surface area (Å²) in [4.78, 5) is 4.34. The normalized spacial score (nSPS) is 15.3. The fourth-order valence-corrected chi connectivity index (χ4v) is 3.57. The monoisotopic (exact) mass is 396 g/mol. The van der Waals surface area contributed by atoms with Crippen molar-refractivity contribution in [2.45, 2.75) is 33.1 Å². The molecule has 0 amide bonds. The lowest BCUT2D eigenvalue weighted by Gasteiger charge is -2.25. The standard InChI is InChI=1S/C19H32N4O3S/c1-3-20-19(21-11-13-26-18-9-7-16(2)8-10-18)22-12-14-27(24,25)23-15-17-5-4-6-17/h7-10,17,23H,3-6,11-15H2,1-2H3,(H2,20,21,22). The molecule has 1 aliphatic carbocycles. The Hall–Kier alpha value is -1.80. The lowest BCUT2D eigenvalue weighted by atomic mass is 9.86. The first-order valence-electron chi connectivity index (χ1n) is 9.67. The largest absolute Gasteiger partial charge is 0.492 e. The number of ether oxygens (including phenoxy) is 1. The molecule has 0 spiro atoms. The number of nitrogens with zero attached hydrogens (tertiary/aromatic N) is 1. The highest BCUT2D eigenvalue weighted by Crippen LogP contribution is 2.25. The minimum Gasteiger partial charge on any atom is -0.492 e. The summed E-state index contributed by atoms with van der Waals surface area (Å²) in [5.74, 6) is 1.93. The number of guanidine groups is 1. The highest BCUT2D eigenvalue weighted by molar-refractivity contribution is 7.89. The second kappa shape index (κ2) is 11.1. The highest BCUT2D eigenvalue weighted by Gasteiger charge is 2.19. The Labute approximate surface area is 163 Å². The number of rotatable bonds is 11. The Morgan fingerprint density at radius 2 is 1.96 bits per heavy atom. The molecule has 0 bridgehead atoms. The SMILES string of the molecule is CCNC(=NCCS(=O)(=O)NCC1CCC1)NCCOc1ccc(C)cc1. The van der Waals surface area contributed by atoms with E-state index in [1.165, 1.54) is 12.0 Å². The minimum absolute atomic E-state index is 0.00381. The van der Waals surface area contributed by atoms with Crippen molar-refractivity contribution < 1.29 is 13.2 Å². The molecule has 3 N–H and O–H groups in total. The molecule has 1 aromatic rings. The first-order chi connectivity index (χ1) is 13.0. The summed E-state index contributed by atoms with van der Waals surface area (Å²) in [7, 11) is -3.27. The fraction of sp³-hybridized carbons (Fsp3) is 0.632. The van der Waals surface area contributed by atoms with Gasteiger partial charge in [-0.15, -0.1) is 0 Å². The van der Waals surface area contributed by atoms with Crippen molar-refractivity contribution in [2.75, 3.05) is 38.5 Å². The highest BCUT2D eigenvalue weighted by atomic mass is 32.2. The van der Waals surface area contributed by atoms with Crippen LogP contribution >= 0.6 is 0 Å². The van der Waals surface area contributed by atoms with E-state index in [4.69, 9.17) is 4.74 Å². The summed E-state index contributed by atoms with van der Waals surface area (Å²) < 4.78 is 32.4. The molecule has 1 saturated carbocycles. The molecule has 0 radical (unpaired) electrons. The van der Waals surface area contributed by atoms with Gasteiger partial charge in [-0.25, -0.2) is 13.1 Å². The molecular weight excluding hydrogens is 364 g/mol. The predicted molar refractivity (Wildman–Crippen MR) is 110 cm³/mol. The van der Waals surface area contributed by atoms with Crippen molar-refractivity contribution in [3.63, 3.8) is 0 Å². The van der Waals surface area contributed by atoms with E-state index in [1.807, 2.05) is 38.1 Å². The van der Waals surface area contributed by atoms with Gasteiger partial charge in [-0.1, -0.05) is 24.1 Å². The van der Waals surface area contributed by atoms with Crippen LogP contribution in [0.5, 0.6) is 5.75 Å². The van der Waals surface area contributed by atoms with Crippen molar-refractivity contribution in [2.24, 2.45) is 10.9 Å². The zero-order chi connectivity index (χ0) is 19.5. The zero-order valence-corrected chi connectivity index (χ0v) is 17.1. The van der Waals surface area contributed by atoms with E-state index in [0.29, 0.717) is 38.1 Å². The van der Waals surface area contributed by atoms with Gasteiger partial charge in [0.15, 0.2) is 5.96 Å². The number of aryl methyl sites for hydroxylation is 1. The smallest absolute Gasteiger partial charge is 0.213 e. The van der Waals surface area contributed by atoms with Crippen molar-refractivity contribution in [1.82, 2.24) is 15.4 Å². The predicted octanol–water partition coefficient (Wildman–Crippen LogP) is 1.65. The Balaban J connectivity index is 1.68. The molecule has 2 rings (SSSR count). The third-order valence-electron chi connectivity index (χ3n) is 4.48. The number of benzene rings is 1. The molecule has 0 aliphatic heterocycles. The topological polar surface area (TPSA) is 91.8 Å². The molecule has 0 atom stereocenters. The molecule has 8 heteroatoms. The molecule has 1 fully saturated rings. The first-order valence-corrected chi connectivity index (χ1v) is 11.3. The molecule has 0 saturated heterocycles. The third-order valence-corrected chi connectivity index (χ3v) is 5.80. The molecule has 1 aliphatic rings. The van der Waals surface area contributed by atoms with E-state index < -0.39 is 10.0 Å². The molecule has 7 nitrogen and oxygen atoms in total. The van der Waals surface area contributed by atoms with Crippen molar-refractivity contribution in [3.05, 3.63) is 29.8 Å². The minimum atomic E-state index is -3.27. The van der Waals surface area contributed by atoms with E-state index in [2.05, 4.69) is 20.3 Å². The number of aliphatic imine (C=N–C) groups is 1. The summed E-state index contributed by atoms with van der Waals surface area (Å²) in [6.07, 6.45) is 3.46. The quantitative estimate of drug-likeness (QED) is 0.300. The van der Waals surface area contributed by atoms with E-state index in [1.54, 1.807) is 0 Å². The lowest BCUT2D eigenvalue weighted by molar-refractivity contribution is 0.316. The van der Waals surface area contributed by atoms with Gasteiger partial charge in [0.05, 0.1) is 18.8 Å². The van der Waals surface area contributed by atoms with Crippen molar-refractivity contribution in [3.8, 4) is 5.75 Å². The van der Waals surface area contributed by atoms with Crippen LogP contribution in [0.15, 0.2) is 29.3 Å². The maximum Gasteiger partial charge on any atom is 0.213 e. The van der Waals surface area contributed by atoms with Gasteiger partial charge < -0.3 is 15.4 Å². The maximum absolute atomic E-state index is 12.0. The summed E-state index contributed by atoms with van der Waals surface area (Å²) >= 11 is 0. The number of hydrogen-bond donors (Lipinski definition) is 3. The van der Waals surface area contributed by atoms with Crippen LogP contribution in [0, 0.1) is 12.8 Å². The van der Waals surface area contributed by atoms with Gasteiger partial charge >= 0.3 is 0 Å². The molecule has 152 valence electrons. The van der Waals surface area contributed by atoms with Crippen molar-refractivity contribution in [1.29, 1.82) is 0 Å². The molecule has 0 aromatic heterocycles. The van der Waals surface area contributed by atoms with Crippen LogP contribution in [0.2, 0.25) is 0 Å². The van der Waals surface area contributed by atoms with Gasteiger partial charge in [0, 0.05) is 13.1 Å². The molecule has 27 heavy (non-hydrogen) atoms. The van der Waals surface area contributed by atoms with Crippen LogP contribution < -0.4 is 20.1 Å². The third kappa shape index (κ3) is 8.62. The average molecular weight is 397 g/mol. The van der Waals surface area contributed by atoms with E-state index in [0.717, 1.165) is 18.6 Å². The van der Waals surface area contributed by atoms with Gasteiger partial charge in [0.25, 0.3) is 0 Å². The van der Waals surface area contributed by atoms with Crippen molar-refractivity contribution >= 4 is 16.0 Å². The number of sulfonamides is 1. The lowest BCUT2D eigenvalue weighted by Crippen LogP contribution is -2.40. The van der Waals surface area contributed by atoms with E-state index in [9.17, 15) is 8.42 Å². The van der Waals surface area contributed by atoms with Crippen LogP contribution in [0.3, 0.4) is 0 Å². The fourth-order valence-electron chi connectivity index (χ4n) is 2.61. The van der Waals surface area contributed by atoms with E-state index in [-0.39, 0.29) is 12.3 Å². The zero-order valence-electron chi connectivity index (χ0n) is 16.3. The van der Waals surface area contributed by atoms with Crippen LogP contribution in [-0.2, 0) is 10.0 Å². The van der Waals surface area contributed by atoms with Gasteiger partial charge in [0.1, 0.15) is 12.4 Å². The first kappa shape index (κ1) is 21.5. The Kier molecular flexibility index (Phi) is 8.87. The van der Waals surface area contributed by atoms with Crippen LogP contribution in [0.1, 0.15) is 31.7 Å². The van der Waals surface area contributed by atoms with Crippen LogP contribution in [0.25, 0.3) is 0 Å². The maximum atomic E-state index is 12.0. The van der Waals surface area contributed by atoms with E-state index >= 15 is 0 Å². The number of hydrogen-bond acceptors (Lipinski definition) is 4.